The average Bonchev–Trinajstić information content (AvgIpc) is 3.31. The Kier molecular flexibility index (Phi) is 5.23. The highest BCUT2D eigenvalue weighted by Crippen LogP contribution is 2.42. The minimum atomic E-state index is 0.923. The van der Waals surface area contributed by atoms with Crippen LogP contribution in [0.3, 0.4) is 0 Å². The van der Waals surface area contributed by atoms with Gasteiger partial charge in [-0.15, -0.1) is 11.3 Å². The van der Waals surface area contributed by atoms with Crippen molar-refractivity contribution in [3.05, 3.63) is 138 Å². The molecule has 0 fully saturated rings. The molecule has 0 radical (unpaired) electrons. The van der Waals surface area contributed by atoms with Crippen LogP contribution in [0.4, 0.5) is 11.4 Å². The van der Waals surface area contributed by atoms with Gasteiger partial charge in [0.1, 0.15) is 0 Å². The highest BCUT2D eigenvalue weighted by molar-refractivity contribution is 7.25. The molecule has 1 aromatic heterocycles. The Hall–Kier alpha value is -4.14. The summed E-state index contributed by atoms with van der Waals surface area (Å²) in [5.41, 5.74) is 11.1. The minimum absolute atomic E-state index is 0.923. The van der Waals surface area contributed by atoms with E-state index in [0.717, 1.165) is 18.5 Å². The lowest BCUT2D eigenvalue weighted by Gasteiger charge is -2.31. The fraction of sp³-hybridized carbons (Fsp3) is 0.0857. The predicted octanol–water partition coefficient (Wildman–Crippen LogP) is 9.79. The molecule has 2 heteroatoms. The van der Waals surface area contributed by atoms with E-state index in [1.165, 1.54) is 64.9 Å². The van der Waals surface area contributed by atoms with E-state index < -0.39 is 0 Å². The molecule has 0 atom stereocenters. The van der Waals surface area contributed by atoms with Crippen LogP contribution < -0.4 is 4.90 Å². The third-order valence-electron chi connectivity index (χ3n) is 7.62. The Labute approximate surface area is 221 Å². The summed E-state index contributed by atoms with van der Waals surface area (Å²) in [5, 5.41) is 2.66. The number of thiophene rings is 1. The van der Waals surface area contributed by atoms with Crippen molar-refractivity contribution in [2.24, 2.45) is 0 Å². The lowest BCUT2D eigenvalue weighted by molar-refractivity contribution is 0.904. The van der Waals surface area contributed by atoms with Gasteiger partial charge in [0.25, 0.3) is 0 Å². The molecule has 1 aliphatic rings. The van der Waals surface area contributed by atoms with Crippen LogP contribution in [-0.2, 0) is 6.42 Å². The van der Waals surface area contributed by atoms with Gasteiger partial charge in [-0.05, 0) is 83.6 Å². The van der Waals surface area contributed by atoms with Crippen LogP contribution in [0.1, 0.15) is 22.3 Å². The number of rotatable bonds is 2. The smallest absolute Gasteiger partial charge is 0.0490 e. The molecular formula is C35H27NS. The average molecular weight is 494 g/mol. The molecule has 0 saturated heterocycles. The molecule has 6 aromatic rings. The molecule has 7 rings (SSSR count). The van der Waals surface area contributed by atoms with Crippen LogP contribution in [-0.4, -0.2) is 6.54 Å². The first-order valence-electron chi connectivity index (χ1n) is 12.8. The monoisotopic (exact) mass is 493 g/mol. The maximum Gasteiger partial charge on any atom is 0.0490 e. The van der Waals surface area contributed by atoms with Gasteiger partial charge in [0.05, 0.1) is 0 Å². The number of anilines is 2. The Bertz CT molecular complexity index is 1810. The first-order chi connectivity index (χ1) is 18.2. The Morgan fingerprint density at radius 3 is 2.30 bits per heavy atom. The van der Waals surface area contributed by atoms with Gasteiger partial charge < -0.3 is 4.90 Å². The van der Waals surface area contributed by atoms with E-state index in [1.807, 2.05) is 11.3 Å². The van der Waals surface area contributed by atoms with Crippen LogP contribution >= 0.6 is 11.3 Å². The first kappa shape index (κ1) is 22.1. The highest BCUT2D eigenvalue weighted by Gasteiger charge is 2.22. The van der Waals surface area contributed by atoms with E-state index in [0.29, 0.717) is 0 Å². The molecule has 1 aliphatic heterocycles. The number of fused-ring (bicyclic) bond motifs is 5. The van der Waals surface area contributed by atoms with E-state index >= 15 is 0 Å². The number of hydrogen-bond donors (Lipinski definition) is 0. The number of nitrogens with zero attached hydrogens (tertiary/aromatic N) is 1. The topological polar surface area (TPSA) is 3.24 Å². The molecule has 0 amide bonds. The van der Waals surface area contributed by atoms with Crippen molar-refractivity contribution < 1.29 is 0 Å². The van der Waals surface area contributed by atoms with Crippen molar-refractivity contribution >= 4 is 48.5 Å². The molecule has 0 N–H and O–H groups in total. The Morgan fingerprint density at radius 2 is 1.41 bits per heavy atom. The quantitative estimate of drug-likeness (QED) is 0.232. The predicted molar refractivity (Wildman–Crippen MR) is 161 cm³/mol. The van der Waals surface area contributed by atoms with Crippen molar-refractivity contribution in [3.8, 4) is 11.1 Å². The second-order valence-electron chi connectivity index (χ2n) is 9.91. The number of benzene rings is 5. The third-order valence-corrected chi connectivity index (χ3v) is 8.77. The molecule has 0 aliphatic carbocycles. The molecular weight excluding hydrogens is 466 g/mol. The van der Waals surface area contributed by atoms with Gasteiger partial charge in [-0.25, -0.2) is 0 Å². The van der Waals surface area contributed by atoms with E-state index in [4.69, 9.17) is 0 Å². The summed E-state index contributed by atoms with van der Waals surface area (Å²) in [5.74, 6) is 0. The van der Waals surface area contributed by atoms with E-state index in [9.17, 15) is 0 Å². The lowest BCUT2D eigenvalue weighted by atomic mass is 9.88. The summed E-state index contributed by atoms with van der Waals surface area (Å²) in [7, 11) is 0. The zero-order valence-corrected chi connectivity index (χ0v) is 21.7. The van der Waals surface area contributed by atoms with Gasteiger partial charge >= 0.3 is 0 Å². The molecule has 1 nitrogen and oxygen atoms in total. The largest absolute Gasteiger partial charge is 0.341 e. The molecule has 178 valence electrons. The molecule has 0 spiro atoms. The van der Waals surface area contributed by atoms with Gasteiger partial charge in [0, 0.05) is 43.7 Å². The zero-order chi connectivity index (χ0) is 24.9. The van der Waals surface area contributed by atoms with Crippen LogP contribution in [0.5, 0.6) is 0 Å². The van der Waals surface area contributed by atoms with Crippen molar-refractivity contribution in [1.82, 2.24) is 0 Å². The highest BCUT2D eigenvalue weighted by atomic mass is 32.1. The van der Waals surface area contributed by atoms with Gasteiger partial charge in [-0.1, -0.05) is 78.9 Å². The van der Waals surface area contributed by atoms with E-state index in [2.05, 4.69) is 128 Å². The Balaban J connectivity index is 1.41. The maximum atomic E-state index is 4.63. The third kappa shape index (κ3) is 3.77. The summed E-state index contributed by atoms with van der Waals surface area (Å²) in [4.78, 5) is 2.45. The molecule has 0 bridgehead atoms. The SMILES string of the molecule is C=C1c2ccccc2CCN(c2ccc(C)cc2)c2ccc(-c3ccc4sc5ccccc5c4c3)cc21. The molecule has 0 saturated carbocycles. The van der Waals surface area contributed by atoms with Crippen molar-refractivity contribution in [1.29, 1.82) is 0 Å². The number of hydrogen-bond acceptors (Lipinski definition) is 2. The molecule has 2 heterocycles. The first-order valence-corrected chi connectivity index (χ1v) is 13.6. The lowest BCUT2D eigenvalue weighted by Crippen LogP contribution is -2.23. The van der Waals surface area contributed by atoms with Gasteiger partial charge in [0.15, 0.2) is 0 Å². The fourth-order valence-electron chi connectivity index (χ4n) is 5.62. The molecule has 5 aromatic carbocycles. The summed E-state index contributed by atoms with van der Waals surface area (Å²) >= 11 is 1.86. The van der Waals surface area contributed by atoms with Crippen LogP contribution in [0.2, 0.25) is 0 Å². The van der Waals surface area contributed by atoms with Gasteiger partial charge in [-0.3, -0.25) is 0 Å². The van der Waals surface area contributed by atoms with E-state index in [1.54, 1.807) is 0 Å². The fourth-order valence-corrected chi connectivity index (χ4v) is 6.71. The normalized spacial score (nSPS) is 13.3. The van der Waals surface area contributed by atoms with Gasteiger partial charge in [0.2, 0.25) is 0 Å². The Morgan fingerprint density at radius 1 is 0.676 bits per heavy atom. The number of aryl methyl sites for hydroxylation is 1. The minimum Gasteiger partial charge on any atom is -0.341 e. The van der Waals surface area contributed by atoms with Crippen molar-refractivity contribution in [2.45, 2.75) is 13.3 Å². The van der Waals surface area contributed by atoms with Crippen LogP contribution in [0.25, 0.3) is 36.9 Å². The molecule has 37 heavy (non-hydrogen) atoms. The second kappa shape index (κ2) is 8.76. The van der Waals surface area contributed by atoms with E-state index in [-0.39, 0.29) is 0 Å². The maximum absolute atomic E-state index is 4.63. The van der Waals surface area contributed by atoms with Crippen LogP contribution in [0.15, 0.2) is 116 Å². The summed E-state index contributed by atoms with van der Waals surface area (Å²) in [6.45, 7) is 7.70. The standard InChI is InChI=1S/C35H27NS/c1-23-11-15-28(16-12-23)36-20-19-25-7-3-4-8-29(25)24(2)31-21-26(13-17-33(31)36)27-14-18-35-32(22-27)30-9-5-6-10-34(30)37-35/h3-18,21-22H,2,19-20H2,1H3. The summed E-state index contributed by atoms with van der Waals surface area (Å²) < 4.78 is 2.67. The van der Waals surface area contributed by atoms with Gasteiger partial charge in [-0.2, -0.15) is 0 Å². The van der Waals surface area contributed by atoms with Crippen molar-refractivity contribution in [3.63, 3.8) is 0 Å². The second-order valence-corrected chi connectivity index (χ2v) is 11.0. The zero-order valence-electron chi connectivity index (χ0n) is 20.9. The summed E-state index contributed by atoms with van der Waals surface area (Å²) in [6.07, 6.45) is 0.978. The summed E-state index contributed by atoms with van der Waals surface area (Å²) in [6, 6.07) is 40.1. The van der Waals surface area contributed by atoms with Crippen LogP contribution in [0, 0.1) is 6.92 Å². The van der Waals surface area contributed by atoms with Crippen molar-refractivity contribution in [2.75, 3.05) is 11.4 Å². The molecule has 0 unspecified atom stereocenters.